The first kappa shape index (κ1) is 16.1. The van der Waals surface area contributed by atoms with E-state index in [0.29, 0.717) is 5.69 Å². The van der Waals surface area contributed by atoms with Crippen molar-refractivity contribution in [1.29, 1.82) is 0 Å². The first-order valence-electron chi connectivity index (χ1n) is 6.67. The molecule has 22 heavy (non-hydrogen) atoms. The standard InChI is InChI=1S/C13H17N5O3S/c1-10(2)8-12(19)15-17-22(20,21)13-9-14-16-18(13)11-6-4-3-5-7-11/h3-7,9-10,17H,8H2,1-2H3,(H,15,19). The molecule has 0 aliphatic heterocycles. The Kier molecular flexibility index (Phi) is 4.88. The summed E-state index contributed by atoms with van der Waals surface area (Å²) in [6.07, 6.45) is 1.34. The molecule has 1 aromatic carbocycles. The zero-order chi connectivity index (χ0) is 16.2. The van der Waals surface area contributed by atoms with Crippen LogP contribution in [-0.4, -0.2) is 29.3 Å². The van der Waals surface area contributed by atoms with Crippen LogP contribution in [0.5, 0.6) is 0 Å². The number of hydrazine groups is 1. The van der Waals surface area contributed by atoms with E-state index >= 15 is 0 Å². The molecule has 1 amide bonds. The van der Waals surface area contributed by atoms with Crippen LogP contribution in [-0.2, 0) is 14.8 Å². The van der Waals surface area contributed by atoms with Crippen molar-refractivity contribution in [2.45, 2.75) is 25.3 Å². The second-order valence-corrected chi connectivity index (χ2v) is 6.70. The topological polar surface area (TPSA) is 106 Å². The Morgan fingerprint density at radius 1 is 1.27 bits per heavy atom. The average Bonchev–Trinajstić information content (AvgIpc) is 2.96. The molecule has 0 unspecified atom stereocenters. The number of nitrogens with zero attached hydrogens (tertiary/aromatic N) is 3. The molecular weight excluding hydrogens is 306 g/mol. The van der Waals surface area contributed by atoms with Crippen molar-refractivity contribution in [2.75, 3.05) is 0 Å². The molecule has 0 saturated carbocycles. The molecule has 2 aromatic rings. The van der Waals surface area contributed by atoms with Crippen molar-refractivity contribution in [3.05, 3.63) is 36.5 Å². The summed E-state index contributed by atoms with van der Waals surface area (Å²) in [5.41, 5.74) is 2.73. The summed E-state index contributed by atoms with van der Waals surface area (Å²) < 4.78 is 25.7. The van der Waals surface area contributed by atoms with Gasteiger partial charge in [-0.05, 0) is 18.1 Å². The van der Waals surface area contributed by atoms with Gasteiger partial charge in [0.2, 0.25) is 5.91 Å². The Balaban J connectivity index is 2.18. The molecule has 118 valence electrons. The lowest BCUT2D eigenvalue weighted by Crippen LogP contribution is -2.42. The highest BCUT2D eigenvalue weighted by molar-refractivity contribution is 7.89. The van der Waals surface area contributed by atoms with Gasteiger partial charge in [0.15, 0.2) is 5.03 Å². The van der Waals surface area contributed by atoms with E-state index in [2.05, 4.69) is 15.7 Å². The minimum atomic E-state index is -3.97. The molecule has 0 saturated heterocycles. The first-order chi connectivity index (χ1) is 10.4. The summed E-state index contributed by atoms with van der Waals surface area (Å²) in [5, 5.41) is 7.22. The van der Waals surface area contributed by atoms with Gasteiger partial charge in [-0.1, -0.05) is 37.3 Å². The molecule has 0 atom stereocenters. The lowest BCUT2D eigenvalue weighted by Gasteiger charge is -2.10. The smallest absolute Gasteiger partial charge is 0.276 e. The molecule has 1 aromatic heterocycles. The van der Waals surface area contributed by atoms with Crippen LogP contribution in [0.4, 0.5) is 0 Å². The van der Waals surface area contributed by atoms with Gasteiger partial charge in [-0.2, -0.15) is 0 Å². The fraction of sp³-hybridized carbons (Fsp3) is 0.308. The van der Waals surface area contributed by atoms with Crippen molar-refractivity contribution in [3.8, 4) is 5.69 Å². The molecular formula is C13H17N5O3S. The Labute approximate surface area is 128 Å². The first-order valence-corrected chi connectivity index (χ1v) is 8.15. The van der Waals surface area contributed by atoms with E-state index in [9.17, 15) is 13.2 Å². The number of benzene rings is 1. The van der Waals surface area contributed by atoms with Gasteiger partial charge in [-0.25, -0.2) is 13.1 Å². The van der Waals surface area contributed by atoms with Crippen molar-refractivity contribution in [3.63, 3.8) is 0 Å². The summed E-state index contributed by atoms with van der Waals surface area (Å²) in [4.78, 5) is 13.6. The predicted molar refractivity (Wildman–Crippen MR) is 79.3 cm³/mol. The van der Waals surface area contributed by atoms with Crippen molar-refractivity contribution >= 4 is 15.9 Å². The molecule has 0 aliphatic rings. The molecule has 0 bridgehead atoms. The number of hydrogen-bond donors (Lipinski definition) is 2. The van der Waals surface area contributed by atoms with Crippen LogP contribution in [0.2, 0.25) is 0 Å². The number of amides is 1. The molecule has 0 fully saturated rings. The highest BCUT2D eigenvalue weighted by atomic mass is 32.2. The fourth-order valence-electron chi connectivity index (χ4n) is 1.76. The lowest BCUT2D eigenvalue weighted by molar-refractivity contribution is -0.122. The van der Waals surface area contributed by atoms with Crippen molar-refractivity contribution in [1.82, 2.24) is 25.3 Å². The number of carbonyl (C=O) groups excluding carboxylic acids is 1. The number of hydrogen-bond acceptors (Lipinski definition) is 5. The van der Waals surface area contributed by atoms with Crippen molar-refractivity contribution in [2.24, 2.45) is 5.92 Å². The van der Waals surface area contributed by atoms with E-state index in [1.165, 1.54) is 4.68 Å². The van der Waals surface area contributed by atoms with E-state index < -0.39 is 15.9 Å². The largest absolute Gasteiger partial charge is 0.278 e. The maximum Gasteiger partial charge on any atom is 0.276 e. The van der Waals surface area contributed by atoms with Crippen LogP contribution in [0.25, 0.3) is 5.69 Å². The van der Waals surface area contributed by atoms with E-state index in [-0.39, 0.29) is 17.4 Å². The van der Waals surface area contributed by atoms with Gasteiger partial charge in [0, 0.05) is 6.42 Å². The van der Waals surface area contributed by atoms with Crippen LogP contribution < -0.4 is 10.3 Å². The van der Waals surface area contributed by atoms with Crippen LogP contribution in [0.1, 0.15) is 20.3 Å². The third-order valence-electron chi connectivity index (χ3n) is 2.71. The fourth-order valence-corrected chi connectivity index (χ4v) is 2.66. The van der Waals surface area contributed by atoms with Gasteiger partial charge in [0.05, 0.1) is 11.9 Å². The lowest BCUT2D eigenvalue weighted by atomic mass is 10.1. The Hall–Kier alpha value is -2.26. The summed E-state index contributed by atoms with van der Waals surface area (Å²) in [6.45, 7) is 3.73. The molecule has 1 heterocycles. The van der Waals surface area contributed by atoms with Crippen LogP contribution >= 0.6 is 0 Å². The Morgan fingerprint density at radius 2 is 1.95 bits per heavy atom. The minimum absolute atomic E-state index is 0.126. The second kappa shape index (κ2) is 6.67. The predicted octanol–water partition coefficient (Wildman–Crippen LogP) is 0.623. The SMILES string of the molecule is CC(C)CC(=O)NNS(=O)(=O)c1cnnn1-c1ccccc1. The van der Waals surface area contributed by atoms with Gasteiger partial charge < -0.3 is 0 Å². The van der Waals surface area contributed by atoms with Gasteiger partial charge >= 0.3 is 0 Å². The van der Waals surface area contributed by atoms with Gasteiger partial charge in [0.25, 0.3) is 10.0 Å². The van der Waals surface area contributed by atoms with Gasteiger partial charge in [-0.3, -0.25) is 10.2 Å². The number of para-hydroxylation sites is 1. The maximum atomic E-state index is 12.3. The molecule has 8 nitrogen and oxygen atoms in total. The number of sulfonamides is 1. The molecule has 0 spiro atoms. The monoisotopic (exact) mass is 323 g/mol. The third-order valence-corrected chi connectivity index (χ3v) is 3.91. The van der Waals surface area contributed by atoms with Gasteiger partial charge in [-0.15, -0.1) is 9.93 Å². The molecule has 9 heteroatoms. The van der Waals surface area contributed by atoms with Crippen molar-refractivity contribution < 1.29 is 13.2 Å². The highest BCUT2D eigenvalue weighted by Gasteiger charge is 2.22. The van der Waals surface area contributed by atoms with E-state index in [1.54, 1.807) is 30.3 Å². The molecule has 0 aliphatic carbocycles. The molecule has 2 rings (SSSR count). The minimum Gasteiger partial charge on any atom is -0.278 e. The zero-order valence-electron chi connectivity index (χ0n) is 12.2. The Bertz CT molecular complexity index is 740. The maximum absolute atomic E-state index is 12.3. The third kappa shape index (κ3) is 3.89. The zero-order valence-corrected chi connectivity index (χ0v) is 13.0. The molecule has 0 radical (unpaired) electrons. The number of rotatable bonds is 6. The summed E-state index contributed by atoms with van der Waals surface area (Å²) in [6, 6.07) is 8.71. The van der Waals surface area contributed by atoms with Crippen LogP contribution in [0.15, 0.2) is 41.6 Å². The molecule has 2 N–H and O–H groups in total. The quantitative estimate of drug-likeness (QED) is 0.758. The average molecular weight is 323 g/mol. The van der Waals surface area contributed by atoms with Crippen LogP contribution in [0, 0.1) is 5.92 Å². The number of nitrogens with one attached hydrogen (secondary N) is 2. The number of carbonyl (C=O) groups is 1. The second-order valence-electron chi connectivity index (χ2n) is 5.07. The highest BCUT2D eigenvalue weighted by Crippen LogP contribution is 2.12. The summed E-state index contributed by atoms with van der Waals surface area (Å²) >= 11 is 0. The number of aromatic nitrogens is 3. The Morgan fingerprint density at radius 3 is 2.59 bits per heavy atom. The van der Waals surface area contributed by atoms with Crippen LogP contribution in [0.3, 0.4) is 0 Å². The van der Waals surface area contributed by atoms with E-state index in [0.717, 1.165) is 6.20 Å². The van der Waals surface area contributed by atoms with E-state index in [1.807, 2.05) is 18.7 Å². The summed E-state index contributed by atoms with van der Waals surface area (Å²) in [5.74, 6) is -0.279. The normalized spacial score (nSPS) is 11.6. The summed E-state index contributed by atoms with van der Waals surface area (Å²) in [7, 11) is -3.97. The van der Waals surface area contributed by atoms with E-state index in [4.69, 9.17) is 0 Å². The van der Waals surface area contributed by atoms with Gasteiger partial charge in [0.1, 0.15) is 0 Å².